The second-order valence-electron chi connectivity index (χ2n) is 9.06. The van der Waals surface area contributed by atoms with Crippen LogP contribution >= 0.6 is 0 Å². The number of piperidine rings is 1. The van der Waals surface area contributed by atoms with Gasteiger partial charge in [-0.15, -0.1) is 0 Å². The van der Waals surface area contributed by atoms with Crippen molar-refractivity contribution < 1.29 is 4.79 Å². The van der Waals surface area contributed by atoms with Gasteiger partial charge in [-0.1, -0.05) is 38.1 Å². The zero-order valence-corrected chi connectivity index (χ0v) is 19.5. The Balaban J connectivity index is 1.48. The van der Waals surface area contributed by atoms with E-state index in [-0.39, 0.29) is 11.9 Å². The van der Waals surface area contributed by atoms with Gasteiger partial charge in [0.25, 0.3) is 5.91 Å². The molecule has 3 heterocycles. The lowest BCUT2D eigenvalue weighted by molar-refractivity contribution is 0.102. The van der Waals surface area contributed by atoms with E-state index < -0.39 is 0 Å². The van der Waals surface area contributed by atoms with Gasteiger partial charge >= 0.3 is 0 Å². The number of fused-ring (bicyclic) bond motifs is 1. The molecule has 0 aliphatic carbocycles. The van der Waals surface area contributed by atoms with E-state index in [4.69, 9.17) is 10.8 Å². The van der Waals surface area contributed by atoms with Crippen molar-refractivity contribution in [3.63, 3.8) is 0 Å². The summed E-state index contributed by atoms with van der Waals surface area (Å²) in [6, 6.07) is 15.6. The van der Waals surface area contributed by atoms with Gasteiger partial charge in [-0.05, 0) is 55.1 Å². The zero-order valence-electron chi connectivity index (χ0n) is 19.5. The molecule has 34 heavy (non-hydrogen) atoms. The monoisotopic (exact) mass is 455 g/mol. The van der Waals surface area contributed by atoms with Gasteiger partial charge in [-0.25, -0.2) is 14.6 Å². The van der Waals surface area contributed by atoms with Crippen LogP contribution in [0.3, 0.4) is 0 Å². The number of hydrogen-bond acceptors (Lipinski definition) is 6. The number of carbonyl (C=O) groups excluding carboxylic acids is 1. The average molecular weight is 456 g/mol. The molecule has 1 aliphatic heterocycles. The molecule has 5 rings (SSSR count). The van der Waals surface area contributed by atoms with Crippen molar-refractivity contribution in [2.45, 2.75) is 38.6 Å². The summed E-state index contributed by atoms with van der Waals surface area (Å²) in [7, 11) is 0. The molecule has 0 spiro atoms. The topological polar surface area (TPSA) is 111 Å². The number of nitrogens with one attached hydrogen (secondary N) is 2. The highest BCUT2D eigenvalue weighted by molar-refractivity contribution is 6.06. The van der Waals surface area contributed by atoms with E-state index in [2.05, 4.69) is 34.4 Å². The van der Waals surface area contributed by atoms with Gasteiger partial charge in [-0.3, -0.25) is 4.79 Å². The standard InChI is InChI=1S/C26H29N7O/c1-16(2)17-8-10-20(11-9-17)31-26(34)19-6-3-5-18(13-19)23-22-24(27)29-15-30-25(22)33(32-23)21-7-4-12-28-14-21/h3,5-6,8-11,13,15-16,21,28H,4,7,12,14H2,1-2H3,(H,31,34)(H2,27,29,30). The van der Waals surface area contributed by atoms with Crippen molar-refractivity contribution in [3.05, 3.63) is 66.0 Å². The lowest BCUT2D eigenvalue weighted by Crippen LogP contribution is -2.32. The minimum Gasteiger partial charge on any atom is -0.383 e. The molecule has 174 valence electrons. The summed E-state index contributed by atoms with van der Waals surface area (Å²) < 4.78 is 1.96. The first-order valence-corrected chi connectivity index (χ1v) is 11.7. The van der Waals surface area contributed by atoms with Gasteiger partial charge in [0.1, 0.15) is 17.8 Å². The highest BCUT2D eigenvalue weighted by Gasteiger charge is 2.24. The average Bonchev–Trinajstić information content (AvgIpc) is 3.26. The smallest absolute Gasteiger partial charge is 0.255 e. The van der Waals surface area contributed by atoms with E-state index in [1.165, 1.54) is 11.9 Å². The number of hydrogen-bond donors (Lipinski definition) is 3. The van der Waals surface area contributed by atoms with Gasteiger partial charge in [-0.2, -0.15) is 5.10 Å². The van der Waals surface area contributed by atoms with Gasteiger partial charge in [0.2, 0.25) is 0 Å². The van der Waals surface area contributed by atoms with E-state index in [0.29, 0.717) is 23.0 Å². The number of aromatic nitrogens is 4. The molecule has 0 saturated carbocycles. The Hall–Kier alpha value is -3.78. The van der Waals surface area contributed by atoms with Crippen molar-refractivity contribution >= 4 is 28.4 Å². The normalized spacial score (nSPS) is 16.1. The Morgan fingerprint density at radius 3 is 2.74 bits per heavy atom. The van der Waals surface area contributed by atoms with Crippen LogP contribution in [0.25, 0.3) is 22.3 Å². The van der Waals surface area contributed by atoms with Gasteiger partial charge < -0.3 is 16.4 Å². The molecule has 4 aromatic rings. The third kappa shape index (κ3) is 4.24. The van der Waals surface area contributed by atoms with E-state index >= 15 is 0 Å². The van der Waals surface area contributed by atoms with Crippen LogP contribution in [0.2, 0.25) is 0 Å². The molecule has 2 aromatic heterocycles. The number of anilines is 2. The zero-order chi connectivity index (χ0) is 23.7. The van der Waals surface area contributed by atoms with Crippen molar-refractivity contribution in [2.24, 2.45) is 0 Å². The molecule has 1 atom stereocenters. The van der Waals surface area contributed by atoms with Crippen LogP contribution in [0.1, 0.15) is 54.6 Å². The molecule has 0 radical (unpaired) electrons. The van der Waals surface area contributed by atoms with Crippen molar-refractivity contribution in [1.82, 2.24) is 25.1 Å². The van der Waals surface area contributed by atoms with Crippen molar-refractivity contribution in [2.75, 3.05) is 24.1 Å². The molecule has 8 nitrogen and oxygen atoms in total. The van der Waals surface area contributed by atoms with Gasteiger partial charge in [0.15, 0.2) is 5.65 Å². The summed E-state index contributed by atoms with van der Waals surface area (Å²) >= 11 is 0. The molecule has 1 fully saturated rings. The van der Waals surface area contributed by atoms with E-state index in [9.17, 15) is 4.79 Å². The molecule has 0 bridgehead atoms. The second kappa shape index (κ2) is 9.23. The van der Waals surface area contributed by atoms with Crippen LogP contribution in [-0.4, -0.2) is 38.7 Å². The predicted octanol–water partition coefficient (Wildman–Crippen LogP) is 4.38. The lowest BCUT2D eigenvalue weighted by Gasteiger charge is -2.23. The van der Waals surface area contributed by atoms with E-state index in [0.717, 1.165) is 48.2 Å². The number of nitrogens with zero attached hydrogens (tertiary/aromatic N) is 4. The molecule has 1 aliphatic rings. The number of nitrogens with two attached hydrogens (primary N) is 1. The Kier molecular flexibility index (Phi) is 5.98. The highest BCUT2D eigenvalue weighted by atomic mass is 16.1. The summed E-state index contributed by atoms with van der Waals surface area (Å²) in [5, 5.41) is 12.1. The minimum atomic E-state index is -0.177. The van der Waals surface area contributed by atoms with Crippen LogP contribution < -0.4 is 16.4 Å². The van der Waals surface area contributed by atoms with Gasteiger partial charge in [0.05, 0.1) is 11.4 Å². The maximum Gasteiger partial charge on any atom is 0.255 e. The summed E-state index contributed by atoms with van der Waals surface area (Å²) in [6.45, 7) is 6.13. The molecule has 1 unspecified atom stereocenters. The van der Waals surface area contributed by atoms with Crippen molar-refractivity contribution in [1.29, 1.82) is 0 Å². The van der Waals surface area contributed by atoms with Crippen LogP contribution in [0.5, 0.6) is 0 Å². The fraction of sp³-hybridized carbons (Fsp3) is 0.308. The van der Waals surface area contributed by atoms with E-state index in [1.54, 1.807) is 6.07 Å². The van der Waals surface area contributed by atoms with E-state index in [1.807, 2.05) is 47.1 Å². The number of rotatable bonds is 5. The predicted molar refractivity (Wildman–Crippen MR) is 135 cm³/mol. The molecule has 2 aromatic carbocycles. The third-order valence-electron chi connectivity index (χ3n) is 6.37. The molecular weight excluding hydrogens is 426 g/mol. The number of benzene rings is 2. The first kappa shape index (κ1) is 22.0. The number of carbonyl (C=O) groups is 1. The molecule has 1 saturated heterocycles. The van der Waals surface area contributed by atoms with Crippen LogP contribution in [0.4, 0.5) is 11.5 Å². The summed E-state index contributed by atoms with van der Waals surface area (Å²) in [4.78, 5) is 21.7. The fourth-order valence-electron chi connectivity index (χ4n) is 4.46. The van der Waals surface area contributed by atoms with Crippen LogP contribution in [-0.2, 0) is 0 Å². The highest BCUT2D eigenvalue weighted by Crippen LogP contribution is 2.33. The number of nitrogen functional groups attached to an aromatic ring is 1. The second-order valence-corrected chi connectivity index (χ2v) is 9.06. The Morgan fingerprint density at radius 1 is 1.18 bits per heavy atom. The van der Waals surface area contributed by atoms with Crippen LogP contribution in [0, 0.1) is 0 Å². The summed E-state index contributed by atoms with van der Waals surface area (Å²) in [6.07, 6.45) is 3.57. The maximum absolute atomic E-state index is 13.0. The molecular formula is C26H29N7O. The fourth-order valence-corrected chi connectivity index (χ4v) is 4.46. The lowest BCUT2D eigenvalue weighted by atomic mass is 10.0. The molecule has 4 N–H and O–H groups in total. The molecule has 1 amide bonds. The first-order chi connectivity index (χ1) is 16.5. The largest absolute Gasteiger partial charge is 0.383 e. The third-order valence-corrected chi connectivity index (χ3v) is 6.37. The van der Waals surface area contributed by atoms with Gasteiger partial charge in [0, 0.05) is 23.4 Å². The Labute approximate surface area is 198 Å². The SMILES string of the molecule is CC(C)c1ccc(NC(=O)c2cccc(-c3nn(C4CCCNC4)c4ncnc(N)c34)c2)cc1. The van der Waals surface area contributed by atoms with Crippen LogP contribution in [0.15, 0.2) is 54.9 Å². The number of amides is 1. The minimum absolute atomic E-state index is 0.177. The van der Waals surface area contributed by atoms with Crippen molar-refractivity contribution in [3.8, 4) is 11.3 Å². The maximum atomic E-state index is 13.0. The quantitative estimate of drug-likeness (QED) is 0.412. The summed E-state index contributed by atoms with van der Waals surface area (Å²) in [5.74, 6) is 0.649. The summed E-state index contributed by atoms with van der Waals surface area (Å²) in [5.41, 5.74) is 11.0. The molecule has 8 heteroatoms. The first-order valence-electron chi connectivity index (χ1n) is 11.7. The Morgan fingerprint density at radius 2 is 2.00 bits per heavy atom. The Bertz CT molecular complexity index is 1320.